The van der Waals surface area contributed by atoms with Crippen LogP contribution in [0.2, 0.25) is 0 Å². The van der Waals surface area contributed by atoms with E-state index in [0.29, 0.717) is 24.6 Å². The highest BCUT2D eigenvalue weighted by Crippen LogP contribution is 2.06. The molecule has 1 aromatic rings. The lowest BCUT2D eigenvalue weighted by Gasteiger charge is -2.11. The van der Waals surface area contributed by atoms with Crippen LogP contribution in [0.1, 0.15) is 29.5 Å². The predicted molar refractivity (Wildman–Crippen MR) is 63.4 cm³/mol. The highest BCUT2D eigenvalue weighted by atomic mass is 16.3. The molecule has 0 bridgehead atoms. The highest BCUT2D eigenvalue weighted by Gasteiger charge is 2.11. The second-order valence-corrected chi connectivity index (χ2v) is 4.25. The van der Waals surface area contributed by atoms with Crippen LogP contribution in [-0.2, 0) is 7.05 Å². The minimum atomic E-state index is -0.0552. The summed E-state index contributed by atoms with van der Waals surface area (Å²) < 4.78 is 1.87. The molecule has 4 nitrogen and oxygen atoms in total. The van der Waals surface area contributed by atoms with Crippen molar-refractivity contribution in [3.05, 3.63) is 23.5 Å². The minimum absolute atomic E-state index is 0.0552. The van der Waals surface area contributed by atoms with E-state index in [-0.39, 0.29) is 12.5 Å². The summed E-state index contributed by atoms with van der Waals surface area (Å²) >= 11 is 0. The Labute approximate surface area is 96.3 Å². The first-order valence-electron chi connectivity index (χ1n) is 5.57. The van der Waals surface area contributed by atoms with Crippen molar-refractivity contribution >= 4 is 5.91 Å². The molecule has 16 heavy (non-hydrogen) atoms. The molecule has 0 aromatic carbocycles. The predicted octanol–water partition coefficient (Wildman–Crippen LogP) is 1.08. The summed E-state index contributed by atoms with van der Waals surface area (Å²) in [6.45, 7) is 4.74. The first-order valence-corrected chi connectivity index (χ1v) is 5.57. The van der Waals surface area contributed by atoms with E-state index in [0.717, 1.165) is 5.69 Å². The third-order valence-corrected chi connectivity index (χ3v) is 2.84. The molecule has 0 aliphatic heterocycles. The van der Waals surface area contributed by atoms with Gasteiger partial charge in [0.25, 0.3) is 5.91 Å². The average Bonchev–Trinajstić information content (AvgIpc) is 2.57. The van der Waals surface area contributed by atoms with Crippen LogP contribution in [0, 0.1) is 12.8 Å². The van der Waals surface area contributed by atoms with Gasteiger partial charge in [-0.15, -0.1) is 0 Å². The zero-order valence-electron chi connectivity index (χ0n) is 10.2. The molecular formula is C12H20N2O2. The zero-order valence-corrected chi connectivity index (χ0v) is 10.2. The quantitative estimate of drug-likeness (QED) is 0.786. The Morgan fingerprint density at radius 2 is 2.25 bits per heavy atom. The number of nitrogens with zero attached hydrogens (tertiary/aromatic N) is 1. The molecule has 0 aliphatic rings. The maximum atomic E-state index is 11.8. The molecule has 1 atom stereocenters. The van der Waals surface area contributed by atoms with Crippen molar-refractivity contribution in [3.8, 4) is 0 Å². The Hall–Kier alpha value is -1.29. The highest BCUT2D eigenvalue weighted by molar-refractivity contribution is 5.92. The number of aliphatic hydroxyl groups is 1. The fraction of sp³-hybridized carbons (Fsp3) is 0.583. The van der Waals surface area contributed by atoms with Gasteiger partial charge >= 0.3 is 0 Å². The van der Waals surface area contributed by atoms with Crippen molar-refractivity contribution in [2.75, 3.05) is 13.2 Å². The molecule has 90 valence electrons. The largest absolute Gasteiger partial charge is 0.396 e. The fourth-order valence-corrected chi connectivity index (χ4v) is 1.52. The molecule has 1 amide bonds. The topological polar surface area (TPSA) is 54.3 Å². The number of hydrogen-bond acceptors (Lipinski definition) is 2. The van der Waals surface area contributed by atoms with Crippen LogP contribution in [0.5, 0.6) is 0 Å². The number of nitrogens with one attached hydrogen (secondary N) is 1. The second-order valence-electron chi connectivity index (χ2n) is 4.25. The van der Waals surface area contributed by atoms with Crippen molar-refractivity contribution in [2.45, 2.75) is 20.3 Å². The van der Waals surface area contributed by atoms with Gasteiger partial charge in [0, 0.05) is 25.9 Å². The maximum absolute atomic E-state index is 11.8. The number of aliphatic hydroxyl groups excluding tert-OH is 1. The Kier molecular flexibility index (Phi) is 4.55. The van der Waals surface area contributed by atoms with E-state index < -0.39 is 0 Å². The van der Waals surface area contributed by atoms with Crippen LogP contribution in [-0.4, -0.2) is 28.7 Å². The van der Waals surface area contributed by atoms with Crippen LogP contribution in [0.4, 0.5) is 0 Å². The Balaban J connectivity index is 2.50. The van der Waals surface area contributed by atoms with Gasteiger partial charge in [-0.2, -0.15) is 0 Å². The number of aryl methyl sites for hydroxylation is 1. The molecule has 0 saturated carbocycles. The van der Waals surface area contributed by atoms with Gasteiger partial charge in [0.15, 0.2) is 0 Å². The van der Waals surface area contributed by atoms with Crippen molar-refractivity contribution in [3.63, 3.8) is 0 Å². The first kappa shape index (κ1) is 12.8. The van der Waals surface area contributed by atoms with E-state index >= 15 is 0 Å². The molecule has 1 rings (SSSR count). The summed E-state index contributed by atoms with van der Waals surface area (Å²) in [6, 6.07) is 3.74. The summed E-state index contributed by atoms with van der Waals surface area (Å²) in [4.78, 5) is 11.8. The standard InChI is InChI=1S/C12H20N2O2/c1-9(6-7-15)8-13-12(16)11-5-4-10(2)14(11)3/h4-5,9,15H,6-8H2,1-3H3,(H,13,16). The molecule has 4 heteroatoms. The van der Waals surface area contributed by atoms with E-state index in [4.69, 9.17) is 5.11 Å². The van der Waals surface area contributed by atoms with Gasteiger partial charge in [-0.1, -0.05) is 6.92 Å². The van der Waals surface area contributed by atoms with Crippen molar-refractivity contribution in [2.24, 2.45) is 13.0 Å². The van der Waals surface area contributed by atoms with Crippen molar-refractivity contribution in [1.29, 1.82) is 0 Å². The third kappa shape index (κ3) is 3.10. The molecule has 0 spiro atoms. The molecule has 0 aliphatic carbocycles. The third-order valence-electron chi connectivity index (χ3n) is 2.84. The Bertz CT molecular complexity index is 358. The number of hydrogen-bond donors (Lipinski definition) is 2. The normalized spacial score (nSPS) is 12.5. The summed E-state index contributed by atoms with van der Waals surface area (Å²) in [5.74, 6) is 0.246. The van der Waals surface area contributed by atoms with Crippen molar-refractivity contribution in [1.82, 2.24) is 9.88 Å². The summed E-state index contributed by atoms with van der Waals surface area (Å²) in [6.07, 6.45) is 0.715. The summed E-state index contributed by atoms with van der Waals surface area (Å²) in [5, 5.41) is 11.6. The van der Waals surface area contributed by atoms with Gasteiger partial charge < -0.3 is 15.0 Å². The van der Waals surface area contributed by atoms with Gasteiger partial charge in [0.2, 0.25) is 0 Å². The smallest absolute Gasteiger partial charge is 0.267 e. The van der Waals surface area contributed by atoms with Crippen molar-refractivity contribution < 1.29 is 9.90 Å². The lowest BCUT2D eigenvalue weighted by atomic mass is 10.1. The van der Waals surface area contributed by atoms with Crippen LogP contribution < -0.4 is 5.32 Å². The van der Waals surface area contributed by atoms with Gasteiger partial charge in [-0.3, -0.25) is 4.79 Å². The van der Waals surface area contributed by atoms with Crippen LogP contribution in [0.15, 0.2) is 12.1 Å². The van der Waals surface area contributed by atoms with Gasteiger partial charge in [0.1, 0.15) is 5.69 Å². The van der Waals surface area contributed by atoms with Crippen LogP contribution >= 0.6 is 0 Å². The molecule has 0 saturated heterocycles. The number of amides is 1. The summed E-state index contributed by atoms with van der Waals surface area (Å²) in [7, 11) is 1.88. The Morgan fingerprint density at radius 1 is 1.56 bits per heavy atom. The molecule has 1 aromatic heterocycles. The van der Waals surface area contributed by atoms with Crippen LogP contribution in [0.25, 0.3) is 0 Å². The maximum Gasteiger partial charge on any atom is 0.267 e. The molecule has 1 heterocycles. The number of carbonyl (C=O) groups excluding carboxylic acids is 1. The average molecular weight is 224 g/mol. The molecule has 0 fully saturated rings. The minimum Gasteiger partial charge on any atom is -0.396 e. The molecule has 2 N–H and O–H groups in total. The van der Waals surface area contributed by atoms with E-state index in [1.54, 1.807) is 0 Å². The van der Waals surface area contributed by atoms with E-state index in [1.165, 1.54) is 0 Å². The Morgan fingerprint density at radius 3 is 2.75 bits per heavy atom. The monoisotopic (exact) mass is 224 g/mol. The second kappa shape index (κ2) is 5.70. The fourth-order valence-electron chi connectivity index (χ4n) is 1.52. The number of rotatable bonds is 5. The van der Waals surface area contributed by atoms with Gasteiger partial charge in [0.05, 0.1) is 0 Å². The number of carbonyl (C=O) groups is 1. The van der Waals surface area contributed by atoms with E-state index in [2.05, 4.69) is 5.32 Å². The SMILES string of the molecule is Cc1ccc(C(=O)NCC(C)CCO)n1C. The molecule has 1 unspecified atom stereocenters. The first-order chi connectivity index (χ1) is 7.56. The van der Waals surface area contributed by atoms with E-state index in [1.807, 2.05) is 37.6 Å². The number of aromatic nitrogens is 1. The van der Waals surface area contributed by atoms with E-state index in [9.17, 15) is 4.79 Å². The summed E-state index contributed by atoms with van der Waals surface area (Å²) in [5.41, 5.74) is 1.74. The lowest BCUT2D eigenvalue weighted by Crippen LogP contribution is -2.30. The van der Waals surface area contributed by atoms with Gasteiger partial charge in [-0.25, -0.2) is 0 Å². The molecular weight excluding hydrogens is 204 g/mol. The zero-order chi connectivity index (χ0) is 12.1. The van der Waals surface area contributed by atoms with Gasteiger partial charge in [-0.05, 0) is 31.4 Å². The van der Waals surface area contributed by atoms with Crippen LogP contribution in [0.3, 0.4) is 0 Å². The molecule has 0 radical (unpaired) electrons. The lowest BCUT2D eigenvalue weighted by molar-refractivity contribution is 0.0937.